The topological polar surface area (TPSA) is 218 Å². The molecule has 1 fully saturated rings. The predicted molar refractivity (Wildman–Crippen MR) is 151 cm³/mol. The largest absolute Gasteiger partial charge is 0.497 e. The molecule has 3 rings (SSSR count). The van der Waals surface area contributed by atoms with Crippen LogP contribution in [0.5, 0.6) is 5.75 Å². The molecular weight excluding hydrogens is 554 g/mol. The van der Waals surface area contributed by atoms with Crippen LogP contribution in [-0.2, 0) is 19.2 Å². The van der Waals surface area contributed by atoms with E-state index in [4.69, 9.17) is 44.3 Å². The number of carboxylic acid groups (broad SMARTS) is 4. The Balaban J connectivity index is 0.000000618. The molecule has 1 aliphatic rings. The third-order valence-electron chi connectivity index (χ3n) is 6.59. The second kappa shape index (κ2) is 19.3. The molecule has 0 aliphatic carbocycles. The van der Waals surface area contributed by atoms with Crippen LogP contribution in [-0.4, -0.2) is 122 Å². The number of piperazine rings is 1. The number of aliphatic hydroxyl groups excluding tert-OH is 2. The smallest absolute Gasteiger partial charge is 0.414 e. The van der Waals surface area contributed by atoms with Crippen LogP contribution in [0.3, 0.4) is 0 Å². The summed E-state index contributed by atoms with van der Waals surface area (Å²) >= 11 is 0. The van der Waals surface area contributed by atoms with Gasteiger partial charge in [0.15, 0.2) is 0 Å². The Morgan fingerprint density at radius 2 is 1.57 bits per heavy atom. The first-order chi connectivity index (χ1) is 19.9. The van der Waals surface area contributed by atoms with Gasteiger partial charge in [-0.2, -0.15) is 0 Å². The fourth-order valence-electron chi connectivity index (χ4n) is 4.42. The van der Waals surface area contributed by atoms with Gasteiger partial charge in [0.2, 0.25) is 0 Å². The van der Waals surface area contributed by atoms with Crippen molar-refractivity contribution in [1.82, 2.24) is 14.8 Å². The molecule has 1 saturated heterocycles. The average Bonchev–Trinajstić information content (AvgIpc) is 2.97. The molecule has 14 nitrogen and oxygen atoms in total. The summed E-state index contributed by atoms with van der Waals surface area (Å²) in [6.45, 7) is 6.65. The van der Waals surface area contributed by atoms with E-state index >= 15 is 0 Å². The van der Waals surface area contributed by atoms with Gasteiger partial charge in [-0.15, -0.1) is 0 Å². The molecule has 2 heterocycles. The highest BCUT2D eigenvalue weighted by Gasteiger charge is 2.27. The maximum Gasteiger partial charge on any atom is 0.414 e. The number of methoxy groups -OCH3 is 1. The van der Waals surface area contributed by atoms with Crippen molar-refractivity contribution in [3.8, 4) is 5.75 Å². The standard InChI is InChI=1S/C24H37N3O3.2C2H2O4/c1-3-4-5-6-7-12-27-14-13-26(16-19(27)18-28)17-24(29)21-10-11-25-23-9-8-20(30-2)15-22(21)23;2*3-1(4)2(5)6/h8-11,15,19,24,28-29H,3-7,12-14,16-18H2,1-2H3;2*(H,3,4)(H,5,6)/t19-,24+;;/m0../s1. The second-order valence-electron chi connectivity index (χ2n) is 9.57. The normalized spacial score (nSPS) is 15.9. The zero-order valence-corrected chi connectivity index (χ0v) is 23.9. The Kier molecular flexibility index (Phi) is 16.6. The van der Waals surface area contributed by atoms with Gasteiger partial charge in [0.25, 0.3) is 0 Å². The number of carbonyl (C=O) groups is 4. The van der Waals surface area contributed by atoms with E-state index in [0.29, 0.717) is 6.54 Å². The van der Waals surface area contributed by atoms with E-state index in [-0.39, 0.29) is 12.6 Å². The molecule has 1 aromatic heterocycles. The van der Waals surface area contributed by atoms with Gasteiger partial charge in [-0.3, -0.25) is 14.8 Å². The number of nitrogens with zero attached hydrogens (tertiary/aromatic N) is 3. The van der Waals surface area contributed by atoms with Gasteiger partial charge in [-0.25, -0.2) is 19.2 Å². The molecule has 6 N–H and O–H groups in total. The molecule has 1 aromatic carbocycles. The Morgan fingerprint density at radius 1 is 0.952 bits per heavy atom. The summed E-state index contributed by atoms with van der Waals surface area (Å²) in [4.78, 5) is 45.5. The van der Waals surface area contributed by atoms with Crippen molar-refractivity contribution in [2.45, 2.75) is 51.2 Å². The molecular formula is C28H41N3O11. The number of β-amino-alcohol motifs (C(OH)–C–C–N with tert-alkyl or cyclic N) is 1. The first-order valence-corrected chi connectivity index (χ1v) is 13.5. The third kappa shape index (κ3) is 12.8. The highest BCUT2D eigenvalue weighted by Crippen LogP contribution is 2.27. The Labute approximate surface area is 243 Å². The predicted octanol–water partition coefficient (Wildman–Crippen LogP) is 1.54. The number of unbranched alkanes of at least 4 members (excludes halogenated alkanes) is 4. The molecule has 0 unspecified atom stereocenters. The lowest BCUT2D eigenvalue weighted by molar-refractivity contribution is -0.159. The van der Waals surface area contributed by atoms with Crippen molar-refractivity contribution in [3.05, 3.63) is 36.0 Å². The summed E-state index contributed by atoms with van der Waals surface area (Å²) in [6.07, 6.45) is 7.48. The number of aromatic nitrogens is 1. The van der Waals surface area contributed by atoms with Gasteiger partial charge in [-0.1, -0.05) is 32.6 Å². The highest BCUT2D eigenvalue weighted by atomic mass is 16.5. The number of benzene rings is 1. The van der Waals surface area contributed by atoms with Crippen LogP contribution in [0.4, 0.5) is 0 Å². The summed E-state index contributed by atoms with van der Waals surface area (Å²) in [6, 6.07) is 7.78. The molecule has 234 valence electrons. The van der Waals surface area contributed by atoms with Gasteiger partial charge >= 0.3 is 23.9 Å². The van der Waals surface area contributed by atoms with Gasteiger partial charge in [0, 0.05) is 43.8 Å². The van der Waals surface area contributed by atoms with Crippen molar-refractivity contribution in [1.29, 1.82) is 0 Å². The molecule has 0 spiro atoms. The fourth-order valence-corrected chi connectivity index (χ4v) is 4.42. The molecule has 2 atom stereocenters. The Hall–Kier alpha value is -3.85. The second-order valence-corrected chi connectivity index (χ2v) is 9.57. The minimum absolute atomic E-state index is 0.145. The van der Waals surface area contributed by atoms with E-state index in [9.17, 15) is 10.2 Å². The van der Waals surface area contributed by atoms with Gasteiger partial charge in [0.05, 0.1) is 25.3 Å². The number of rotatable bonds is 11. The first-order valence-electron chi connectivity index (χ1n) is 13.5. The number of fused-ring (bicyclic) bond motifs is 1. The van der Waals surface area contributed by atoms with E-state index in [1.807, 2.05) is 24.3 Å². The molecule has 1 aliphatic heterocycles. The Morgan fingerprint density at radius 3 is 2.12 bits per heavy atom. The zero-order valence-electron chi connectivity index (χ0n) is 23.9. The molecule has 14 heteroatoms. The van der Waals surface area contributed by atoms with Crippen molar-refractivity contribution in [2.24, 2.45) is 0 Å². The van der Waals surface area contributed by atoms with E-state index in [1.54, 1.807) is 13.3 Å². The number of aliphatic hydroxyl groups is 2. The Bertz CT molecular complexity index is 1110. The lowest BCUT2D eigenvalue weighted by Gasteiger charge is -2.41. The minimum atomic E-state index is -1.82. The van der Waals surface area contributed by atoms with E-state index in [2.05, 4.69) is 21.7 Å². The van der Waals surface area contributed by atoms with Crippen molar-refractivity contribution in [2.75, 3.05) is 46.4 Å². The van der Waals surface area contributed by atoms with Crippen LogP contribution >= 0.6 is 0 Å². The van der Waals surface area contributed by atoms with E-state index in [0.717, 1.165) is 48.4 Å². The van der Waals surface area contributed by atoms with Crippen LogP contribution < -0.4 is 4.74 Å². The van der Waals surface area contributed by atoms with Crippen LogP contribution in [0.25, 0.3) is 10.9 Å². The third-order valence-corrected chi connectivity index (χ3v) is 6.59. The van der Waals surface area contributed by atoms with Crippen LogP contribution in [0, 0.1) is 0 Å². The summed E-state index contributed by atoms with van der Waals surface area (Å²) in [5, 5.41) is 51.4. The summed E-state index contributed by atoms with van der Waals surface area (Å²) in [5.74, 6) is -6.54. The fraction of sp³-hybridized carbons (Fsp3) is 0.536. The van der Waals surface area contributed by atoms with Crippen molar-refractivity contribution in [3.63, 3.8) is 0 Å². The summed E-state index contributed by atoms with van der Waals surface area (Å²) in [5.41, 5.74) is 1.73. The first kappa shape index (κ1) is 36.2. The highest BCUT2D eigenvalue weighted by molar-refractivity contribution is 6.27. The quantitative estimate of drug-likeness (QED) is 0.160. The van der Waals surface area contributed by atoms with Crippen LogP contribution in [0.15, 0.2) is 30.5 Å². The molecule has 0 saturated carbocycles. The number of hydrogen-bond donors (Lipinski definition) is 6. The van der Waals surface area contributed by atoms with Crippen molar-refractivity contribution >= 4 is 34.8 Å². The maximum absolute atomic E-state index is 11.0. The van der Waals surface area contributed by atoms with Crippen LogP contribution in [0.2, 0.25) is 0 Å². The maximum atomic E-state index is 11.0. The number of pyridine rings is 1. The van der Waals surface area contributed by atoms with Crippen molar-refractivity contribution < 1.29 is 54.6 Å². The molecule has 0 amide bonds. The zero-order chi connectivity index (χ0) is 31.7. The molecule has 2 aromatic rings. The monoisotopic (exact) mass is 595 g/mol. The van der Waals surface area contributed by atoms with E-state index < -0.39 is 30.0 Å². The lowest BCUT2D eigenvalue weighted by atomic mass is 10.0. The summed E-state index contributed by atoms with van der Waals surface area (Å²) < 4.78 is 5.35. The summed E-state index contributed by atoms with van der Waals surface area (Å²) in [7, 11) is 1.64. The number of aliphatic carboxylic acids is 4. The molecule has 0 bridgehead atoms. The van der Waals surface area contributed by atoms with Gasteiger partial charge in [0.1, 0.15) is 5.75 Å². The lowest BCUT2D eigenvalue weighted by Crippen LogP contribution is -2.55. The number of hydrogen-bond acceptors (Lipinski definition) is 10. The van der Waals surface area contributed by atoms with Gasteiger partial charge < -0.3 is 35.4 Å². The number of carboxylic acids is 4. The SMILES string of the molecule is CCCCCCCN1CCN(C[C@@H](O)c2ccnc3ccc(OC)cc23)C[C@H]1CO.O=C(O)C(=O)O.O=C(O)C(=O)O. The van der Waals surface area contributed by atoms with Gasteiger partial charge in [-0.05, 0) is 42.8 Å². The average molecular weight is 596 g/mol. The van der Waals surface area contributed by atoms with Crippen LogP contribution in [0.1, 0.15) is 50.7 Å². The van der Waals surface area contributed by atoms with E-state index in [1.165, 1.54) is 32.1 Å². The molecule has 0 radical (unpaired) electrons. The minimum Gasteiger partial charge on any atom is -0.497 e. The number of ether oxygens (including phenoxy) is 1. The molecule has 42 heavy (non-hydrogen) atoms.